The fourth-order valence-electron chi connectivity index (χ4n) is 3.13. The fourth-order valence-corrected chi connectivity index (χ4v) is 4.06. The van der Waals surface area contributed by atoms with Crippen LogP contribution < -0.4 is 5.73 Å². The van der Waals surface area contributed by atoms with Crippen molar-refractivity contribution in [3.8, 4) is 6.07 Å². The number of nitro groups is 1. The molecule has 1 atom stereocenters. The first-order valence-corrected chi connectivity index (χ1v) is 9.33. The van der Waals surface area contributed by atoms with E-state index in [1.54, 1.807) is 17.0 Å². The Hall–Kier alpha value is -3.57. The maximum atomic E-state index is 10.9. The first-order valence-electron chi connectivity index (χ1n) is 8.45. The molecular weight excluding hydrogens is 374 g/mol. The summed E-state index contributed by atoms with van der Waals surface area (Å²) in [5, 5.41) is 23.3. The molecule has 0 aromatic heterocycles. The first-order chi connectivity index (χ1) is 13.5. The molecular formula is C20H15N5O2S. The molecule has 0 spiro atoms. The highest BCUT2D eigenvalue weighted by atomic mass is 32.2. The second kappa shape index (κ2) is 6.87. The van der Waals surface area contributed by atoms with Crippen LogP contribution >= 0.6 is 11.8 Å². The predicted octanol–water partition coefficient (Wildman–Crippen LogP) is 4.06. The maximum absolute atomic E-state index is 10.9. The summed E-state index contributed by atoms with van der Waals surface area (Å²) in [6.07, 6.45) is 0. The number of hydrogen-bond acceptors (Lipinski definition) is 7. The van der Waals surface area contributed by atoms with E-state index in [4.69, 9.17) is 10.7 Å². The van der Waals surface area contributed by atoms with Crippen molar-refractivity contribution in [2.24, 2.45) is 10.7 Å². The van der Waals surface area contributed by atoms with Gasteiger partial charge in [-0.15, -0.1) is 0 Å². The van der Waals surface area contributed by atoms with Crippen molar-refractivity contribution >= 4 is 28.3 Å². The summed E-state index contributed by atoms with van der Waals surface area (Å²) in [5.41, 5.74) is 10.4. The van der Waals surface area contributed by atoms with Gasteiger partial charge in [-0.2, -0.15) is 5.26 Å². The Balaban J connectivity index is 1.73. The van der Waals surface area contributed by atoms with Crippen molar-refractivity contribution in [2.45, 2.75) is 13.0 Å². The van der Waals surface area contributed by atoms with Crippen molar-refractivity contribution in [3.05, 3.63) is 92.1 Å². The Morgan fingerprint density at radius 1 is 1.21 bits per heavy atom. The van der Waals surface area contributed by atoms with Gasteiger partial charge in [0, 0.05) is 17.5 Å². The van der Waals surface area contributed by atoms with E-state index in [1.165, 1.54) is 23.9 Å². The number of nitrogens with two attached hydrogens (primary N) is 1. The summed E-state index contributed by atoms with van der Waals surface area (Å²) >= 11 is 1.44. The standard InChI is InChI=1S/C20H15N5O2S/c1-12-2-4-13(5-3-12)17-11-28-20-23-18(16(10-21)19(22)24(17)20)14-6-8-15(9-7-14)25(26)27/h2-9,11,18H,22H2,1H3. The molecule has 7 nitrogen and oxygen atoms in total. The SMILES string of the molecule is Cc1ccc(C2=CSC3=NC(c4ccc([N+](=O)[O-])cc4)C(C#N)=C(N)N23)cc1. The molecule has 2 aromatic carbocycles. The lowest BCUT2D eigenvalue weighted by atomic mass is 9.98. The first kappa shape index (κ1) is 17.8. The number of non-ortho nitro benzene ring substituents is 1. The molecule has 4 rings (SSSR count). The van der Waals surface area contributed by atoms with Gasteiger partial charge in [-0.1, -0.05) is 41.6 Å². The Morgan fingerprint density at radius 2 is 1.89 bits per heavy atom. The zero-order valence-electron chi connectivity index (χ0n) is 14.9. The third-order valence-electron chi connectivity index (χ3n) is 4.63. The zero-order valence-corrected chi connectivity index (χ0v) is 15.7. The van der Waals surface area contributed by atoms with Crippen LogP contribution in [0.1, 0.15) is 22.7 Å². The van der Waals surface area contributed by atoms with Gasteiger partial charge >= 0.3 is 0 Å². The number of amidine groups is 1. The lowest BCUT2D eigenvalue weighted by Gasteiger charge is -2.30. The fraction of sp³-hybridized carbons (Fsp3) is 0.100. The number of benzene rings is 2. The monoisotopic (exact) mass is 389 g/mol. The van der Waals surface area contributed by atoms with Crippen LogP contribution in [-0.2, 0) is 0 Å². The molecule has 2 aliphatic heterocycles. The van der Waals surface area contributed by atoms with Gasteiger partial charge < -0.3 is 5.73 Å². The second-order valence-corrected chi connectivity index (χ2v) is 7.23. The highest BCUT2D eigenvalue weighted by Crippen LogP contribution is 2.42. The number of nitro benzene ring substituents is 1. The van der Waals surface area contributed by atoms with Crippen LogP contribution in [-0.4, -0.2) is 15.0 Å². The van der Waals surface area contributed by atoms with Gasteiger partial charge in [0.05, 0.1) is 16.2 Å². The third-order valence-corrected chi connectivity index (χ3v) is 5.47. The summed E-state index contributed by atoms with van der Waals surface area (Å²) in [4.78, 5) is 16.9. The Kier molecular flexibility index (Phi) is 4.37. The van der Waals surface area contributed by atoms with Gasteiger partial charge in [-0.05, 0) is 30.2 Å². The number of nitriles is 1. The minimum atomic E-state index is -0.588. The van der Waals surface area contributed by atoms with Crippen LogP contribution in [0.25, 0.3) is 5.70 Å². The van der Waals surface area contributed by atoms with Crippen molar-refractivity contribution < 1.29 is 4.92 Å². The van der Waals surface area contributed by atoms with E-state index >= 15 is 0 Å². The number of thioether (sulfide) groups is 1. The average Bonchev–Trinajstić information content (AvgIpc) is 3.13. The number of rotatable bonds is 3. The predicted molar refractivity (Wildman–Crippen MR) is 109 cm³/mol. The summed E-state index contributed by atoms with van der Waals surface area (Å²) in [7, 11) is 0. The molecule has 2 N–H and O–H groups in total. The molecule has 138 valence electrons. The molecule has 1 unspecified atom stereocenters. The molecule has 28 heavy (non-hydrogen) atoms. The summed E-state index contributed by atoms with van der Waals surface area (Å²) in [6, 6.07) is 15.7. The van der Waals surface area contributed by atoms with Crippen LogP contribution in [0, 0.1) is 28.4 Å². The Bertz CT molecular complexity index is 1090. The van der Waals surface area contributed by atoms with E-state index in [0.29, 0.717) is 22.1 Å². The number of aliphatic imine (C=N–C) groups is 1. The number of nitrogens with zero attached hydrogens (tertiary/aromatic N) is 4. The van der Waals surface area contributed by atoms with Gasteiger partial charge in [0.1, 0.15) is 17.9 Å². The van der Waals surface area contributed by atoms with E-state index in [9.17, 15) is 15.4 Å². The Morgan fingerprint density at radius 3 is 2.50 bits per heavy atom. The highest BCUT2D eigenvalue weighted by molar-refractivity contribution is 8.16. The number of fused-ring (bicyclic) bond motifs is 1. The lowest BCUT2D eigenvalue weighted by Crippen LogP contribution is -2.33. The molecule has 2 heterocycles. The average molecular weight is 389 g/mol. The summed E-state index contributed by atoms with van der Waals surface area (Å²) in [6.45, 7) is 2.02. The van der Waals surface area contributed by atoms with E-state index < -0.39 is 11.0 Å². The molecule has 0 saturated carbocycles. The van der Waals surface area contributed by atoms with E-state index in [1.807, 2.05) is 36.6 Å². The van der Waals surface area contributed by atoms with Gasteiger partial charge in [0.25, 0.3) is 5.69 Å². The smallest absolute Gasteiger partial charge is 0.269 e. The molecule has 0 bridgehead atoms. The maximum Gasteiger partial charge on any atom is 0.269 e. The third kappa shape index (κ3) is 2.92. The van der Waals surface area contributed by atoms with Gasteiger partial charge in [-0.25, -0.2) is 4.99 Å². The minimum absolute atomic E-state index is 0.0112. The number of aryl methyl sites for hydroxylation is 1. The molecule has 2 aromatic rings. The van der Waals surface area contributed by atoms with Crippen LogP contribution in [0.3, 0.4) is 0 Å². The summed E-state index contributed by atoms with van der Waals surface area (Å²) < 4.78 is 0. The minimum Gasteiger partial charge on any atom is -0.384 e. The Labute approximate surface area is 165 Å². The van der Waals surface area contributed by atoms with Crippen LogP contribution in [0.2, 0.25) is 0 Å². The second-order valence-electron chi connectivity index (χ2n) is 6.40. The largest absolute Gasteiger partial charge is 0.384 e. The normalized spacial score (nSPS) is 18.3. The molecule has 0 amide bonds. The molecule has 0 aliphatic carbocycles. The molecule has 8 heteroatoms. The van der Waals surface area contributed by atoms with Gasteiger partial charge in [-0.3, -0.25) is 15.0 Å². The van der Waals surface area contributed by atoms with Crippen molar-refractivity contribution in [2.75, 3.05) is 0 Å². The molecule has 2 aliphatic rings. The van der Waals surface area contributed by atoms with Crippen LogP contribution in [0.5, 0.6) is 0 Å². The van der Waals surface area contributed by atoms with E-state index in [0.717, 1.165) is 16.8 Å². The summed E-state index contributed by atoms with van der Waals surface area (Å²) in [5.74, 6) is 0.327. The van der Waals surface area contributed by atoms with E-state index in [-0.39, 0.29) is 5.69 Å². The highest BCUT2D eigenvalue weighted by Gasteiger charge is 2.35. The van der Waals surface area contributed by atoms with E-state index in [2.05, 4.69) is 6.07 Å². The number of hydrogen-bond donors (Lipinski definition) is 1. The van der Waals surface area contributed by atoms with Crippen molar-refractivity contribution in [1.29, 1.82) is 5.26 Å². The lowest BCUT2D eigenvalue weighted by molar-refractivity contribution is -0.384. The van der Waals surface area contributed by atoms with Crippen LogP contribution in [0.15, 0.2) is 70.3 Å². The van der Waals surface area contributed by atoms with Crippen molar-refractivity contribution in [3.63, 3.8) is 0 Å². The van der Waals surface area contributed by atoms with Crippen LogP contribution in [0.4, 0.5) is 5.69 Å². The van der Waals surface area contributed by atoms with Gasteiger partial charge in [0.2, 0.25) is 0 Å². The van der Waals surface area contributed by atoms with Gasteiger partial charge in [0.15, 0.2) is 5.17 Å². The molecule has 0 saturated heterocycles. The zero-order chi connectivity index (χ0) is 19.8. The molecule has 0 fully saturated rings. The topological polar surface area (TPSA) is 109 Å². The molecule has 0 radical (unpaired) electrons. The quantitative estimate of drug-likeness (QED) is 0.626. The van der Waals surface area contributed by atoms with Crippen molar-refractivity contribution in [1.82, 2.24) is 4.90 Å².